The Morgan fingerprint density at radius 1 is 0.127 bits per heavy atom. The van der Waals surface area contributed by atoms with Crippen LogP contribution in [0.5, 0.6) is 0 Å². The standard InChI is InChI=1S/C68H40.C50H36/c1-3-19-45-43(17-1)55(41-33-35-53-51-25-9-15-31-63(51)67(65(53)37-41)59-27-11-5-21-47(59)48-22-6-12-28-60(48)67)39-58-46-20-4-2-18-44(46)56(40-57(45)58)42-34-36-54-52-26-10-16-32-64(52)68(66(54)38-42)61-29-13-7-23-49(61)50-24-8-14-30-62(50)68;1-3-13-41-39(11-1)43(37-23-33-19-15-29-7-5-8-30-16-20-34(24-37)49(33)47(29)30)27-46-42-14-4-2-12-40(42)44(28-45(41)46)38-25-35-21-17-31-9-6-10-32-18-22-36(26-38)50(35)48(31)32/h1-40H;1-14,23-28H,15-22H2. The number of benzene rings is 20. The van der Waals surface area contributed by atoms with Gasteiger partial charge in [-0.15, -0.1) is 0 Å². The van der Waals surface area contributed by atoms with Crippen molar-refractivity contribution in [3.8, 4) is 111 Å². The van der Waals surface area contributed by atoms with E-state index in [0.717, 1.165) is 51.4 Å². The first-order chi connectivity index (χ1) is 58.5. The van der Waals surface area contributed by atoms with Crippen LogP contribution in [0.15, 0.2) is 364 Å². The molecule has 0 heterocycles. The Labute approximate surface area is 686 Å². The van der Waals surface area contributed by atoms with Crippen LogP contribution in [0.2, 0.25) is 0 Å². The predicted molar refractivity (Wildman–Crippen MR) is 493 cm³/mol. The normalized spacial score (nSPS) is 14.6. The van der Waals surface area contributed by atoms with Gasteiger partial charge in [-0.25, -0.2) is 0 Å². The summed E-state index contributed by atoms with van der Waals surface area (Å²) in [5.41, 5.74) is 49.7. The molecule has 118 heavy (non-hydrogen) atoms. The highest BCUT2D eigenvalue weighted by Crippen LogP contribution is 2.66. The first kappa shape index (κ1) is 65.3. The van der Waals surface area contributed by atoms with Crippen LogP contribution in [0.1, 0.15) is 89.0 Å². The molecule has 0 aromatic heterocycles. The number of hydrogen-bond acceptors (Lipinski definition) is 0. The fraction of sp³-hybridized carbons (Fsp3) is 0.0847. The van der Waals surface area contributed by atoms with Gasteiger partial charge in [0.2, 0.25) is 0 Å². The van der Waals surface area contributed by atoms with Gasteiger partial charge < -0.3 is 0 Å². The molecule has 0 heteroatoms. The molecule has 0 bridgehead atoms. The summed E-state index contributed by atoms with van der Waals surface area (Å²) in [6.07, 6.45) is 9.07. The summed E-state index contributed by atoms with van der Waals surface area (Å²) in [4.78, 5) is 0. The molecule has 0 fully saturated rings. The lowest BCUT2D eigenvalue weighted by molar-refractivity contribution is 0.794. The quantitative estimate of drug-likeness (QED) is 0.154. The summed E-state index contributed by atoms with van der Waals surface area (Å²) in [7, 11) is 0. The largest absolute Gasteiger partial charge is 0.0725 e. The number of rotatable bonds is 4. The van der Waals surface area contributed by atoms with Crippen molar-refractivity contribution in [1.82, 2.24) is 0 Å². The van der Waals surface area contributed by atoms with E-state index in [0.29, 0.717) is 0 Å². The van der Waals surface area contributed by atoms with Crippen molar-refractivity contribution in [3.05, 3.63) is 453 Å². The van der Waals surface area contributed by atoms with Crippen molar-refractivity contribution in [2.75, 3.05) is 0 Å². The maximum absolute atomic E-state index is 2.54. The Morgan fingerprint density at radius 3 is 0.610 bits per heavy atom. The Morgan fingerprint density at radius 2 is 0.339 bits per heavy atom. The van der Waals surface area contributed by atoms with Gasteiger partial charge in [0.05, 0.1) is 10.8 Å². The maximum Gasteiger partial charge on any atom is 0.0725 e. The van der Waals surface area contributed by atoms with Gasteiger partial charge in [-0.05, 0) is 353 Å². The average Bonchev–Trinajstić information content (AvgIpc) is 1.52. The SMILES string of the molecule is c1cc2c3c(c1)CCc1cc(-c4cc5c6ccccc6c(-c6cc7c8c(c6)CCc6cccc(c6-8)CC7)cc5c5ccccc45)cc(c1-3)CC2.c1ccc2c(c1)-c1ccccc1C21c2ccccc2-c2ccc(-c3cc4c5ccccc5c(-c5ccc6c(c5)C5(c7ccccc7-c7ccccc75)c5ccccc5-6)cc4c4ccccc34)cc21. The minimum Gasteiger partial charge on any atom is -0.0619 e. The fourth-order valence-corrected chi connectivity index (χ4v) is 24.5. The van der Waals surface area contributed by atoms with Crippen LogP contribution in [0, 0.1) is 0 Å². The van der Waals surface area contributed by atoms with E-state index < -0.39 is 10.8 Å². The van der Waals surface area contributed by atoms with Crippen molar-refractivity contribution in [2.45, 2.75) is 62.2 Å². The van der Waals surface area contributed by atoms with Crippen molar-refractivity contribution < 1.29 is 0 Å². The van der Waals surface area contributed by atoms with Gasteiger partial charge >= 0.3 is 0 Å². The molecule has 0 N–H and O–H groups in total. The number of hydrogen-bond donors (Lipinski definition) is 0. The molecule has 2 spiro atoms. The third-order valence-corrected chi connectivity index (χ3v) is 29.2. The fourth-order valence-electron chi connectivity index (χ4n) is 24.5. The molecule has 20 aromatic rings. The maximum atomic E-state index is 2.54. The third kappa shape index (κ3) is 8.68. The summed E-state index contributed by atoms with van der Waals surface area (Å²) in [5, 5.41) is 15.7. The van der Waals surface area contributed by atoms with Crippen LogP contribution in [0.4, 0.5) is 0 Å². The van der Waals surface area contributed by atoms with Crippen LogP contribution in [0.3, 0.4) is 0 Å². The van der Waals surface area contributed by atoms with Crippen LogP contribution < -0.4 is 0 Å². The first-order valence-electron chi connectivity index (χ1n) is 42.7. The molecular formula is C118H76. The van der Waals surface area contributed by atoms with Crippen LogP contribution in [-0.2, 0) is 62.2 Å². The molecule has 0 aliphatic heterocycles. The van der Waals surface area contributed by atoms with E-state index in [1.54, 1.807) is 44.5 Å². The molecule has 0 atom stereocenters. The highest BCUT2D eigenvalue weighted by atomic mass is 14.5. The van der Waals surface area contributed by atoms with E-state index >= 15 is 0 Å². The highest BCUT2D eigenvalue weighted by Gasteiger charge is 2.53. The molecule has 0 saturated carbocycles. The van der Waals surface area contributed by atoms with Gasteiger partial charge in [-0.1, -0.05) is 328 Å². The van der Waals surface area contributed by atoms with Crippen molar-refractivity contribution in [1.29, 1.82) is 0 Å². The molecule has 28 rings (SSSR count). The van der Waals surface area contributed by atoms with E-state index in [1.807, 2.05) is 0 Å². The summed E-state index contributed by atoms with van der Waals surface area (Å²) in [6.45, 7) is 0. The molecule has 0 nitrogen and oxygen atoms in total. The summed E-state index contributed by atoms with van der Waals surface area (Å²) < 4.78 is 0. The van der Waals surface area contributed by atoms with E-state index in [-0.39, 0.29) is 0 Å². The third-order valence-electron chi connectivity index (χ3n) is 29.2. The zero-order chi connectivity index (χ0) is 76.8. The molecule has 0 unspecified atom stereocenters. The second-order valence-electron chi connectivity index (χ2n) is 34.6. The van der Waals surface area contributed by atoms with Gasteiger partial charge in [-0.2, -0.15) is 0 Å². The smallest absolute Gasteiger partial charge is 0.0619 e. The summed E-state index contributed by atoms with van der Waals surface area (Å²) in [6, 6.07) is 140. The monoisotopic (exact) mass is 1490 g/mol. The summed E-state index contributed by atoms with van der Waals surface area (Å²) >= 11 is 0. The van der Waals surface area contributed by atoms with Gasteiger partial charge in [0.25, 0.3) is 0 Å². The average molecular weight is 1490 g/mol. The minimum absolute atomic E-state index is 0.401. The van der Waals surface area contributed by atoms with E-state index in [4.69, 9.17) is 0 Å². The Kier molecular flexibility index (Phi) is 13.4. The molecular weight excluding hydrogens is 1420 g/mol. The lowest BCUT2D eigenvalue weighted by Crippen LogP contribution is -2.25. The second kappa shape index (κ2) is 24.3. The molecule has 8 aliphatic carbocycles. The zero-order valence-electron chi connectivity index (χ0n) is 65.3. The minimum atomic E-state index is -0.401. The van der Waals surface area contributed by atoms with E-state index in [2.05, 4.69) is 364 Å². The summed E-state index contributed by atoms with van der Waals surface area (Å²) in [5.74, 6) is 0. The Hall–Kier alpha value is -14.0. The molecule has 0 saturated heterocycles. The van der Waals surface area contributed by atoms with Gasteiger partial charge in [0.1, 0.15) is 0 Å². The lowest BCUT2D eigenvalue weighted by Gasteiger charge is -2.31. The predicted octanol–water partition coefficient (Wildman–Crippen LogP) is 29.4. The zero-order valence-corrected chi connectivity index (χ0v) is 65.3. The van der Waals surface area contributed by atoms with Gasteiger partial charge in [0.15, 0.2) is 0 Å². The first-order valence-corrected chi connectivity index (χ1v) is 42.7. The van der Waals surface area contributed by atoms with E-state index in [1.165, 1.54) is 220 Å². The van der Waals surface area contributed by atoms with Crippen LogP contribution in [-0.4, -0.2) is 0 Å². The second-order valence-corrected chi connectivity index (χ2v) is 34.6. The van der Waals surface area contributed by atoms with Crippen LogP contribution >= 0.6 is 0 Å². The number of aryl methyl sites for hydroxylation is 8. The molecule has 0 radical (unpaired) electrons. The van der Waals surface area contributed by atoms with E-state index in [9.17, 15) is 0 Å². The Bertz CT molecular complexity index is 7250. The highest BCUT2D eigenvalue weighted by molar-refractivity contribution is 6.26. The van der Waals surface area contributed by atoms with Gasteiger partial charge in [-0.3, -0.25) is 0 Å². The molecule has 20 aromatic carbocycles. The lowest BCUT2D eigenvalue weighted by atomic mass is 9.70. The van der Waals surface area contributed by atoms with Gasteiger partial charge in [0, 0.05) is 0 Å². The molecule has 8 aliphatic rings. The number of fused-ring (bicyclic) bond motifs is 30. The van der Waals surface area contributed by atoms with Crippen molar-refractivity contribution in [2.24, 2.45) is 0 Å². The van der Waals surface area contributed by atoms with Crippen molar-refractivity contribution in [3.63, 3.8) is 0 Å². The molecule has 548 valence electrons. The Balaban J connectivity index is 0.000000132. The van der Waals surface area contributed by atoms with Crippen molar-refractivity contribution >= 4 is 64.6 Å². The van der Waals surface area contributed by atoms with Crippen LogP contribution in [0.25, 0.3) is 176 Å². The topological polar surface area (TPSA) is 0 Å². The molecule has 0 amide bonds.